The summed E-state index contributed by atoms with van der Waals surface area (Å²) in [6.45, 7) is 1.98. The lowest BCUT2D eigenvalue weighted by molar-refractivity contribution is -0.193. The minimum Gasteiger partial charge on any atom is -0.475 e. The normalized spacial score (nSPS) is 19.1. The van der Waals surface area contributed by atoms with Crippen molar-refractivity contribution < 1.29 is 54.6 Å². The van der Waals surface area contributed by atoms with Gasteiger partial charge in [-0.05, 0) is 47.0 Å². The third-order valence-electron chi connectivity index (χ3n) is 6.05. The number of aliphatic carboxylic acids is 2. The zero-order valence-corrected chi connectivity index (χ0v) is 21.5. The summed E-state index contributed by atoms with van der Waals surface area (Å²) in [6, 6.07) is 15.4. The summed E-state index contributed by atoms with van der Waals surface area (Å²) in [6.07, 6.45) is -4.84. The number of halogens is 6. The molecule has 0 saturated carbocycles. The Morgan fingerprint density at radius 1 is 0.878 bits per heavy atom. The van der Waals surface area contributed by atoms with Gasteiger partial charge in [-0.15, -0.1) is 0 Å². The minimum absolute atomic E-state index is 0.0188. The Morgan fingerprint density at radius 3 is 2.02 bits per heavy atom. The molecule has 5 rings (SSSR count). The molecular formula is C25H21F6N3O6S. The molecule has 4 heterocycles. The Balaban J connectivity index is 0.000000276. The molecule has 0 aliphatic carbocycles. The summed E-state index contributed by atoms with van der Waals surface area (Å²) >= 11 is 0. The van der Waals surface area contributed by atoms with Gasteiger partial charge in [-0.3, -0.25) is 14.9 Å². The molecule has 2 aliphatic heterocycles. The molecule has 0 spiro atoms. The molecule has 2 atom stereocenters. The van der Waals surface area contributed by atoms with Crippen LogP contribution in [0.4, 0.5) is 26.3 Å². The largest absolute Gasteiger partial charge is 0.490 e. The summed E-state index contributed by atoms with van der Waals surface area (Å²) in [7, 11) is -3.28. The van der Waals surface area contributed by atoms with Gasteiger partial charge in [0, 0.05) is 44.1 Å². The van der Waals surface area contributed by atoms with E-state index >= 15 is 0 Å². The molecular weight excluding hydrogens is 584 g/mol. The van der Waals surface area contributed by atoms with Gasteiger partial charge in [-0.1, -0.05) is 18.2 Å². The van der Waals surface area contributed by atoms with Gasteiger partial charge in [0.15, 0.2) is 9.84 Å². The number of nitrogens with zero attached hydrogens (tertiary/aromatic N) is 3. The maximum absolute atomic E-state index is 13.1. The van der Waals surface area contributed by atoms with Crippen LogP contribution in [-0.2, 0) is 26.0 Å². The van der Waals surface area contributed by atoms with E-state index in [2.05, 4.69) is 14.9 Å². The molecule has 2 unspecified atom stereocenters. The smallest absolute Gasteiger partial charge is 0.475 e. The molecule has 16 heteroatoms. The van der Waals surface area contributed by atoms with Crippen LogP contribution < -0.4 is 0 Å². The van der Waals surface area contributed by atoms with Crippen molar-refractivity contribution in [1.82, 2.24) is 14.9 Å². The van der Waals surface area contributed by atoms with Crippen LogP contribution in [0.2, 0.25) is 0 Å². The Hall–Kier alpha value is -4.05. The van der Waals surface area contributed by atoms with Gasteiger partial charge in [0.05, 0.1) is 15.8 Å². The van der Waals surface area contributed by atoms with Crippen LogP contribution in [0.25, 0.3) is 11.1 Å². The van der Waals surface area contributed by atoms with E-state index in [-0.39, 0.29) is 11.2 Å². The predicted molar refractivity (Wildman–Crippen MR) is 130 cm³/mol. The second-order valence-electron chi connectivity index (χ2n) is 8.81. The summed E-state index contributed by atoms with van der Waals surface area (Å²) < 4.78 is 89.6. The molecule has 0 bridgehead atoms. The van der Waals surface area contributed by atoms with Crippen LogP contribution in [-0.4, -0.2) is 76.1 Å². The van der Waals surface area contributed by atoms with Crippen LogP contribution in [0.3, 0.4) is 0 Å². The van der Waals surface area contributed by atoms with E-state index in [1.165, 1.54) is 0 Å². The maximum atomic E-state index is 13.1. The number of fused-ring (bicyclic) bond motifs is 3. The van der Waals surface area contributed by atoms with Gasteiger partial charge in [-0.25, -0.2) is 18.0 Å². The lowest BCUT2D eigenvalue weighted by atomic mass is 9.95. The second kappa shape index (κ2) is 12.2. The lowest BCUT2D eigenvalue weighted by Gasteiger charge is -2.17. The van der Waals surface area contributed by atoms with Crippen molar-refractivity contribution in [3.8, 4) is 11.1 Å². The number of pyridine rings is 2. The van der Waals surface area contributed by atoms with Crippen LogP contribution in [0.1, 0.15) is 17.2 Å². The number of hydrogen-bond acceptors (Lipinski definition) is 7. The van der Waals surface area contributed by atoms with Gasteiger partial charge in [0.1, 0.15) is 0 Å². The van der Waals surface area contributed by atoms with E-state index in [9.17, 15) is 34.8 Å². The first-order chi connectivity index (χ1) is 19.0. The minimum atomic E-state index is -5.08. The number of sulfone groups is 1. The van der Waals surface area contributed by atoms with E-state index < -0.39 is 34.1 Å². The Labute approximate surface area is 229 Å². The number of aromatic nitrogens is 2. The van der Waals surface area contributed by atoms with Gasteiger partial charge in [-0.2, -0.15) is 26.3 Å². The number of carboxylic acids is 2. The number of carboxylic acid groups (broad SMARTS) is 2. The van der Waals surface area contributed by atoms with Crippen molar-refractivity contribution in [2.24, 2.45) is 0 Å². The first-order valence-electron chi connectivity index (χ1n) is 11.5. The van der Waals surface area contributed by atoms with Gasteiger partial charge < -0.3 is 10.2 Å². The molecule has 9 nitrogen and oxygen atoms in total. The number of rotatable bonds is 3. The molecule has 1 saturated heterocycles. The van der Waals surface area contributed by atoms with Crippen LogP contribution in [0.15, 0.2) is 72.0 Å². The van der Waals surface area contributed by atoms with Crippen molar-refractivity contribution in [1.29, 1.82) is 0 Å². The van der Waals surface area contributed by atoms with E-state index in [0.717, 1.165) is 28.9 Å². The van der Waals surface area contributed by atoms with Crippen molar-refractivity contribution in [3.05, 3.63) is 78.4 Å². The molecule has 1 aromatic carbocycles. The zero-order valence-electron chi connectivity index (χ0n) is 20.7. The van der Waals surface area contributed by atoms with Crippen molar-refractivity contribution in [3.63, 3.8) is 0 Å². The highest BCUT2D eigenvalue weighted by atomic mass is 32.2. The molecule has 2 aromatic heterocycles. The number of carbonyl (C=O) groups is 2. The standard InChI is InChI=1S/C21H19N3O2S.2C2HF3O2/c25-27(26)20-7-6-15(16-4-3-8-22-11-16)10-18(20)19-13-24(14-21(19)27)12-17-5-1-2-9-23-17;2*3-2(4,5)1(6)7/h1-11,19,21H,12-14H2;2*(H,6,7). The highest BCUT2D eigenvalue weighted by Crippen LogP contribution is 2.46. The SMILES string of the molecule is O=C(O)C(F)(F)F.O=C(O)C(F)(F)F.O=S1(=O)c2ccc(-c3cccnc3)cc2C2CN(Cc3ccccn3)CC21. The van der Waals surface area contributed by atoms with E-state index in [1.807, 2.05) is 48.7 Å². The number of likely N-dealkylation sites (tertiary alicyclic amines) is 1. The monoisotopic (exact) mass is 605 g/mol. The fourth-order valence-corrected chi connectivity index (χ4v) is 6.48. The Morgan fingerprint density at radius 2 is 1.51 bits per heavy atom. The number of benzene rings is 1. The fraction of sp³-hybridized carbons (Fsp3) is 0.280. The second-order valence-corrected chi connectivity index (χ2v) is 10.9. The predicted octanol–water partition coefficient (Wildman–Crippen LogP) is 4.17. The van der Waals surface area contributed by atoms with Gasteiger partial charge in [0.25, 0.3) is 0 Å². The van der Waals surface area contributed by atoms with Gasteiger partial charge >= 0.3 is 24.3 Å². The van der Waals surface area contributed by atoms with Crippen molar-refractivity contribution in [2.75, 3.05) is 13.1 Å². The third kappa shape index (κ3) is 7.79. The zero-order chi connectivity index (χ0) is 30.6. The van der Waals surface area contributed by atoms with E-state index in [4.69, 9.17) is 19.8 Å². The summed E-state index contributed by atoms with van der Waals surface area (Å²) in [5.74, 6) is -5.50. The fourth-order valence-electron chi connectivity index (χ4n) is 4.29. The topological polar surface area (TPSA) is 138 Å². The van der Waals surface area contributed by atoms with Gasteiger partial charge in [0.2, 0.25) is 0 Å². The molecule has 220 valence electrons. The third-order valence-corrected chi connectivity index (χ3v) is 8.31. The molecule has 2 N–H and O–H groups in total. The van der Waals surface area contributed by atoms with Crippen LogP contribution in [0.5, 0.6) is 0 Å². The average molecular weight is 606 g/mol. The summed E-state index contributed by atoms with van der Waals surface area (Å²) in [4.78, 5) is 29.0. The highest BCUT2D eigenvalue weighted by Gasteiger charge is 2.50. The molecule has 0 radical (unpaired) electrons. The maximum Gasteiger partial charge on any atom is 0.490 e. The quantitative estimate of drug-likeness (QED) is 0.422. The average Bonchev–Trinajstić information content (AvgIpc) is 3.41. The Kier molecular flexibility index (Phi) is 9.38. The van der Waals surface area contributed by atoms with Crippen molar-refractivity contribution >= 4 is 21.8 Å². The summed E-state index contributed by atoms with van der Waals surface area (Å²) in [5, 5.41) is 13.9. The van der Waals surface area contributed by atoms with Crippen molar-refractivity contribution in [2.45, 2.75) is 35.0 Å². The van der Waals surface area contributed by atoms with Crippen LogP contribution in [0, 0.1) is 0 Å². The van der Waals surface area contributed by atoms with Crippen LogP contribution >= 0.6 is 0 Å². The summed E-state index contributed by atoms with van der Waals surface area (Å²) in [5.41, 5.74) is 3.94. The molecule has 2 aliphatic rings. The molecule has 1 fully saturated rings. The Bertz CT molecular complexity index is 1460. The first kappa shape index (κ1) is 31.5. The first-order valence-corrected chi connectivity index (χ1v) is 13.1. The number of alkyl halides is 6. The number of hydrogen-bond donors (Lipinski definition) is 2. The van der Waals surface area contributed by atoms with E-state index in [0.29, 0.717) is 18.0 Å². The molecule has 0 amide bonds. The highest BCUT2D eigenvalue weighted by molar-refractivity contribution is 7.92. The molecule has 3 aromatic rings. The lowest BCUT2D eigenvalue weighted by Crippen LogP contribution is -2.26. The molecule has 41 heavy (non-hydrogen) atoms. The van der Waals surface area contributed by atoms with E-state index in [1.54, 1.807) is 18.5 Å².